The number of carbonyl (C=O) groups is 2. The third kappa shape index (κ3) is 1.19. The minimum Gasteiger partial charge on any atom is -0.507 e. The molecule has 0 atom stereocenters. The number of hydrogen-bond donors (Lipinski definition) is 1. The molecule has 1 N–H and O–H groups in total. The van der Waals surface area contributed by atoms with Gasteiger partial charge in [-0.3, -0.25) is 14.3 Å². The van der Waals surface area contributed by atoms with Crippen LogP contribution in [0.2, 0.25) is 5.02 Å². The minimum absolute atomic E-state index is 0.0437. The summed E-state index contributed by atoms with van der Waals surface area (Å²) in [6, 6.07) is 2.69. The van der Waals surface area contributed by atoms with Gasteiger partial charge in [-0.2, -0.15) is 5.10 Å². The van der Waals surface area contributed by atoms with Crippen LogP contribution < -0.4 is 0 Å². The smallest absolute Gasteiger partial charge is 0.216 e. The van der Waals surface area contributed by atoms with Crippen molar-refractivity contribution >= 4 is 23.2 Å². The Morgan fingerprint density at radius 3 is 2.67 bits per heavy atom. The van der Waals surface area contributed by atoms with Crippen LogP contribution in [0.1, 0.15) is 32.0 Å². The Labute approximate surface area is 107 Å². The zero-order chi connectivity index (χ0) is 13.0. The van der Waals surface area contributed by atoms with E-state index in [2.05, 4.69) is 5.10 Å². The van der Waals surface area contributed by atoms with Crippen molar-refractivity contribution in [1.29, 1.82) is 0 Å². The Balaban J connectivity index is 2.42. The van der Waals surface area contributed by atoms with Gasteiger partial charge in [0.2, 0.25) is 5.78 Å². The SMILES string of the molecule is Cn1ncc2c1C(=O)c1c(O)ccc(Cl)c1C2=O. The summed E-state index contributed by atoms with van der Waals surface area (Å²) in [5.74, 6) is -1.09. The highest BCUT2D eigenvalue weighted by atomic mass is 35.5. The Hall–Kier alpha value is -2.14. The highest BCUT2D eigenvalue weighted by Gasteiger charge is 2.36. The first-order chi connectivity index (χ1) is 8.52. The molecule has 0 bridgehead atoms. The van der Waals surface area contributed by atoms with Crippen LogP contribution in [-0.2, 0) is 7.05 Å². The number of carbonyl (C=O) groups excluding carboxylic acids is 2. The second-order valence-electron chi connectivity index (χ2n) is 4.01. The molecular weight excluding hydrogens is 256 g/mol. The van der Waals surface area contributed by atoms with E-state index in [9.17, 15) is 14.7 Å². The molecule has 1 aliphatic carbocycles. The van der Waals surface area contributed by atoms with Crippen molar-refractivity contribution in [2.75, 3.05) is 0 Å². The molecule has 5 nitrogen and oxygen atoms in total. The molecule has 1 heterocycles. The van der Waals surface area contributed by atoms with E-state index in [0.717, 1.165) is 0 Å². The fourth-order valence-corrected chi connectivity index (χ4v) is 2.39. The molecule has 0 unspecified atom stereocenters. The Morgan fingerprint density at radius 1 is 1.22 bits per heavy atom. The molecule has 1 aliphatic rings. The van der Waals surface area contributed by atoms with E-state index in [-0.39, 0.29) is 33.2 Å². The van der Waals surface area contributed by atoms with Crippen LogP contribution in [0, 0.1) is 0 Å². The first kappa shape index (κ1) is 11.0. The summed E-state index contributed by atoms with van der Waals surface area (Å²) in [4.78, 5) is 24.5. The zero-order valence-electron chi connectivity index (χ0n) is 9.27. The van der Waals surface area contributed by atoms with E-state index < -0.39 is 11.6 Å². The number of aromatic hydroxyl groups is 1. The molecular formula is C12H7ClN2O3. The molecule has 1 aromatic heterocycles. The van der Waals surface area contributed by atoms with Crippen molar-refractivity contribution in [1.82, 2.24) is 9.78 Å². The quantitative estimate of drug-likeness (QED) is 0.667. The van der Waals surface area contributed by atoms with Crippen molar-refractivity contribution in [3.05, 3.63) is 45.7 Å². The second kappa shape index (κ2) is 3.43. The maximum Gasteiger partial charge on any atom is 0.216 e. The summed E-state index contributed by atoms with van der Waals surface area (Å²) in [6.45, 7) is 0. The van der Waals surface area contributed by atoms with Crippen LogP contribution in [0.5, 0.6) is 5.75 Å². The number of aryl methyl sites for hydroxylation is 1. The lowest BCUT2D eigenvalue weighted by Gasteiger charge is -2.16. The van der Waals surface area contributed by atoms with Crippen LogP contribution in [0.25, 0.3) is 0 Å². The first-order valence-electron chi connectivity index (χ1n) is 5.15. The molecule has 0 spiro atoms. The summed E-state index contributed by atoms with van der Waals surface area (Å²) in [5, 5.41) is 13.8. The molecule has 18 heavy (non-hydrogen) atoms. The molecule has 0 saturated carbocycles. The van der Waals surface area contributed by atoms with Gasteiger partial charge in [-0.1, -0.05) is 11.6 Å². The lowest BCUT2D eigenvalue weighted by atomic mass is 9.87. The minimum atomic E-state index is -0.445. The lowest BCUT2D eigenvalue weighted by Crippen LogP contribution is -2.22. The predicted octanol–water partition coefficient (Wildman–Crippen LogP) is 1.55. The molecule has 3 rings (SSSR count). The van der Waals surface area contributed by atoms with Crippen molar-refractivity contribution in [3.63, 3.8) is 0 Å². The van der Waals surface area contributed by atoms with Crippen LogP contribution in [-0.4, -0.2) is 26.5 Å². The molecule has 1 aromatic carbocycles. The molecule has 0 saturated heterocycles. The van der Waals surface area contributed by atoms with Gasteiger partial charge in [0.25, 0.3) is 0 Å². The highest BCUT2D eigenvalue weighted by molar-refractivity contribution is 6.39. The van der Waals surface area contributed by atoms with Gasteiger partial charge in [-0.05, 0) is 12.1 Å². The molecule has 2 aromatic rings. The van der Waals surface area contributed by atoms with Crippen molar-refractivity contribution in [2.24, 2.45) is 7.05 Å². The van der Waals surface area contributed by atoms with Gasteiger partial charge >= 0.3 is 0 Å². The van der Waals surface area contributed by atoms with Gasteiger partial charge in [-0.15, -0.1) is 0 Å². The molecule has 6 heteroatoms. The molecule has 0 aliphatic heterocycles. The monoisotopic (exact) mass is 262 g/mol. The molecule has 0 amide bonds. The fourth-order valence-electron chi connectivity index (χ4n) is 2.14. The standard InChI is InChI=1S/C12H7ClN2O3/c1-15-10-5(4-14-15)11(17)8-6(13)2-3-7(16)9(8)12(10)18/h2-4,16H,1H3. The summed E-state index contributed by atoms with van der Waals surface area (Å²) in [7, 11) is 1.57. The number of aromatic nitrogens is 2. The van der Waals surface area contributed by atoms with E-state index in [0.29, 0.717) is 0 Å². The maximum absolute atomic E-state index is 12.3. The lowest BCUT2D eigenvalue weighted by molar-refractivity contribution is 0.0971. The van der Waals surface area contributed by atoms with Gasteiger partial charge < -0.3 is 5.11 Å². The first-order valence-corrected chi connectivity index (χ1v) is 5.53. The van der Waals surface area contributed by atoms with Crippen molar-refractivity contribution in [3.8, 4) is 5.75 Å². The van der Waals surface area contributed by atoms with Gasteiger partial charge in [0.15, 0.2) is 5.78 Å². The normalized spacial score (nSPS) is 13.4. The summed E-state index contributed by atoms with van der Waals surface area (Å²) < 4.78 is 1.32. The largest absolute Gasteiger partial charge is 0.507 e. The third-order valence-electron chi connectivity index (χ3n) is 2.99. The van der Waals surface area contributed by atoms with Crippen LogP contribution in [0.15, 0.2) is 18.3 Å². The van der Waals surface area contributed by atoms with Gasteiger partial charge in [-0.25, -0.2) is 0 Å². The van der Waals surface area contributed by atoms with E-state index in [1.807, 2.05) is 0 Å². The zero-order valence-corrected chi connectivity index (χ0v) is 10.0. The number of phenolic OH excluding ortho intramolecular Hbond substituents is 1. The summed E-state index contributed by atoms with van der Waals surface area (Å²) in [5.41, 5.74) is 0.373. The highest BCUT2D eigenvalue weighted by Crippen LogP contribution is 2.36. The molecule has 0 radical (unpaired) electrons. The van der Waals surface area contributed by atoms with Gasteiger partial charge in [0, 0.05) is 7.05 Å². The Bertz CT molecular complexity index is 718. The fraction of sp³-hybridized carbons (Fsp3) is 0.0833. The summed E-state index contributed by atoms with van der Waals surface area (Å²) in [6.07, 6.45) is 1.33. The number of ketones is 2. The van der Waals surface area contributed by atoms with E-state index >= 15 is 0 Å². The topological polar surface area (TPSA) is 72.2 Å². The number of halogens is 1. The summed E-state index contributed by atoms with van der Waals surface area (Å²) >= 11 is 5.94. The number of nitrogens with zero attached hydrogens (tertiary/aromatic N) is 2. The Morgan fingerprint density at radius 2 is 1.94 bits per heavy atom. The van der Waals surface area contributed by atoms with Crippen molar-refractivity contribution < 1.29 is 14.7 Å². The van der Waals surface area contributed by atoms with Gasteiger partial charge in [0.1, 0.15) is 11.4 Å². The average molecular weight is 263 g/mol. The molecule has 90 valence electrons. The number of rotatable bonds is 0. The van der Waals surface area contributed by atoms with Crippen LogP contribution in [0.4, 0.5) is 0 Å². The van der Waals surface area contributed by atoms with E-state index in [4.69, 9.17) is 11.6 Å². The van der Waals surface area contributed by atoms with E-state index in [1.165, 1.54) is 23.0 Å². The number of benzene rings is 1. The number of phenols is 1. The van der Waals surface area contributed by atoms with Crippen molar-refractivity contribution in [2.45, 2.75) is 0 Å². The Kier molecular flexibility index (Phi) is 2.09. The van der Waals surface area contributed by atoms with Gasteiger partial charge in [0.05, 0.1) is 27.9 Å². The predicted molar refractivity (Wildman–Crippen MR) is 63.2 cm³/mol. The third-order valence-corrected chi connectivity index (χ3v) is 3.30. The van der Waals surface area contributed by atoms with Crippen LogP contribution >= 0.6 is 11.6 Å². The number of hydrogen-bond acceptors (Lipinski definition) is 4. The second-order valence-corrected chi connectivity index (χ2v) is 4.41. The molecule has 0 fully saturated rings. The maximum atomic E-state index is 12.3. The van der Waals surface area contributed by atoms with Crippen LogP contribution in [0.3, 0.4) is 0 Å². The van der Waals surface area contributed by atoms with E-state index in [1.54, 1.807) is 7.05 Å². The average Bonchev–Trinajstić information content (AvgIpc) is 2.72. The number of fused-ring (bicyclic) bond motifs is 2.